The largest absolute Gasteiger partial charge is 0.508 e. The Balaban J connectivity index is 1.78. The van der Waals surface area contributed by atoms with Crippen molar-refractivity contribution < 1.29 is 24.5 Å². The first-order chi connectivity index (χ1) is 16.0. The van der Waals surface area contributed by atoms with Crippen LogP contribution < -0.4 is 10.7 Å². The second-order valence-electron chi connectivity index (χ2n) is 7.95. The van der Waals surface area contributed by atoms with Crippen molar-refractivity contribution in [3.8, 4) is 28.2 Å². The van der Waals surface area contributed by atoms with E-state index in [1.807, 2.05) is 6.07 Å². The number of aliphatic hydroxyl groups excluding tert-OH is 1. The molecule has 4 N–H and O–H groups in total. The number of carboxylic acid groups (broad SMARTS) is 1. The molecule has 2 aromatic rings. The van der Waals surface area contributed by atoms with Gasteiger partial charge in [-0.05, 0) is 54.8 Å². The fourth-order valence-corrected chi connectivity index (χ4v) is 4.02. The molecule has 1 aliphatic carbocycles. The maximum absolute atomic E-state index is 12.2. The molecule has 0 bridgehead atoms. The van der Waals surface area contributed by atoms with Crippen molar-refractivity contribution in [3.05, 3.63) is 70.4 Å². The van der Waals surface area contributed by atoms with Crippen LogP contribution in [0, 0.1) is 0 Å². The van der Waals surface area contributed by atoms with Crippen LogP contribution in [0.5, 0.6) is 5.75 Å². The average molecular weight is 447 g/mol. The quantitative estimate of drug-likeness (QED) is 0.212. The number of hydrogen-bond acceptors (Lipinski definition) is 6. The van der Waals surface area contributed by atoms with E-state index in [9.17, 15) is 19.8 Å². The van der Waals surface area contributed by atoms with Crippen molar-refractivity contribution in [3.63, 3.8) is 0 Å². The van der Waals surface area contributed by atoms with Gasteiger partial charge < -0.3 is 25.1 Å². The minimum absolute atomic E-state index is 0.00632. The summed E-state index contributed by atoms with van der Waals surface area (Å²) >= 11 is 0. The van der Waals surface area contributed by atoms with E-state index < -0.39 is 5.97 Å². The number of fused-ring (bicyclic) bond motifs is 2. The van der Waals surface area contributed by atoms with Crippen molar-refractivity contribution in [1.82, 2.24) is 0 Å². The lowest BCUT2D eigenvalue weighted by atomic mass is 9.90. The van der Waals surface area contributed by atoms with Gasteiger partial charge >= 0.3 is 5.97 Å². The molecule has 0 radical (unpaired) electrons. The number of carbonyl (C=O) groups is 1. The third-order valence-electron chi connectivity index (χ3n) is 5.61. The number of aromatic carboxylic acids is 1. The van der Waals surface area contributed by atoms with Gasteiger partial charge in [0.25, 0.3) is 0 Å². The summed E-state index contributed by atoms with van der Waals surface area (Å²) in [6, 6.07) is 14.2. The predicted octanol–water partition coefficient (Wildman–Crippen LogP) is 4.93. The van der Waals surface area contributed by atoms with Gasteiger partial charge in [-0.2, -0.15) is 0 Å². The number of phenolic OH excluding ortho intramolecular Hbond substituents is 1. The monoisotopic (exact) mass is 447 g/mol. The topological polar surface area (TPSA) is 120 Å². The predicted molar refractivity (Wildman–Crippen MR) is 127 cm³/mol. The summed E-state index contributed by atoms with van der Waals surface area (Å²) in [5, 5.41) is 32.7. The van der Waals surface area contributed by atoms with E-state index in [0.717, 1.165) is 25.7 Å². The number of benzene rings is 3. The summed E-state index contributed by atoms with van der Waals surface area (Å²) in [4.78, 5) is 24.1. The molecule has 1 heterocycles. The molecule has 0 unspecified atom stereocenters. The number of phenols is 1. The van der Waals surface area contributed by atoms with Gasteiger partial charge in [0.15, 0.2) is 5.43 Å². The summed E-state index contributed by atoms with van der Waals surface area (Å²) in [5.41, 5.74) is 2.67. The summed E-state index contributed by atoms with van der Waals surface area (Å²) in [7, 11) is 0. The van der Waals surface area contributed by atoms with Gasteiger partial charge in [0.1, 0.15) is 17.1 Å². The SMILES string of the molecule is O=C(O)c1cc(NCCCCCCO)ccc1-c1c2ccc(=O)cc-2oc2cc(O)ccc12. The lowest BCUT2D eigenvalue weighted by molar-refractivity contribution is 0.0697. The van der Waals surface area contributed by atoms with Crippen molar-refractivity contribution in [1.29, 1.82) is 0 Å². The molecule has 0 aromatic heterocycles. The van der Waals surface area contributed by atoms with Crippen LogP contribution in [0.1, 0.15) is 36.0 Å². The summed E-state index contributed by atoms with van der Waals surface area (Å²) in [6.07, 6.45) is 3.64. The van der Waals surface area contributed by atoms with Crippen molar-refractivity contribution in [2.45, 2.75) is 25.7 Å². The third kappa shape index (κ3) is 4.83. The molecular formula is C26H25NO6. The third-order valence-corrected chi connectivity index (χ3v) is 5.61. The zero-order valence-electron chi connectivity index (χ0n) is 18.0. The molecule has 33 heavy (non-hydrogen) atoms. The van der Waals surface area contributed by atoms with Gasteiger partial charge in [0, 0.05) is 47.5 Å². The molecule has 0 fully saturated rings. The number of rotatable bonds is 9. The fourth-order valence-electron chi connectivity index (χ4n) is 4.02. The number of hydrogen-bond donors (Lipinski definition) is 4. The Kier molecular flexibility index (Phi) is 6.60. The van der Waals surface area contributed by atoms with Gasteiger partial charge in [0.2, 0.25) is 0 Å². The van der Waals surface area contributed by atoms with E-state index in [0.29, 0.717) is 45.7 Å². The van der Waals surface area contributed by atoms with Crippen molar-refractivity contribution in [2.75, 3.05) is 18.5 Å². The van der Waals surface area contributed by atoms with Crippen LogP contribution in [0.2, 0.25) is 0 Å². The van der Waals surface area contributed by atoms with E-state index in [1.54, 1.807) is 24.3 Å². The molecule has 0 saturated heterocycles. The molecule has 2 aromatic carbocycles. The lowest BCUT2D eigenvalue weighted by Crippen LogP contribution is -2.06. The Morgan fingerprint density at radius 2 is 1.70 bits per heavy atom. The highest BCUT2D eigenvalue weighted by atomic mass is 16.4. The second-order valence-corrected chi connectivity index (χ2v) is 7.95. The van der Waals surface area contributed by atoms with E-state index in [1.165, 1.54) is 24.3 Å². The molecule has 0 spiro atoms. The molecule has 0 saturated carbocycles. The number of anilines is 1. The van der Waals surface area contributed by atoms with E-state index >= 15 is 0 Å². The van der Waals surface area contributed by atoms with Crippen LogP contribution in [-0.4, -0.2) is 34.4 Å². The molecule has 7 nitrogen and oxygen atoms in total. The van der Waals surface area contributed by atoms with Gasteiger partial charge in [-0.25, -0.2) is 4.79 Å². The van der Waals surface area contributed by atoms with Crippen LogP contribution in [0.3, 0.4) is 0 Å². The average Bonchev–Trinajstić information content (AvgIpc) is 2.79. The molecule has 0 atom stereocenters. The van der Waals surface area contributed by atoms with E-state index in [4.69, 9.17) is 9.52 Å². The number of carboxylic acids is 1. The first-order valence-electron chi connectivity index (χ1n) is 10.9. The number of aliphatic hydroxyl groups is 1. The smallest absolute Gasteiger partial charge is 0.336 e. The Morgan fingerprint density at radius 1 is 0.909 bits per heavy atom. The number of nitrogens with one attached hydrogen (secondary N) is 1. The first-order valence-corrected chi connectivity index (χ1v) is 10.9. The van der Waals surface area contributed by atoms with Crippen LogP contribution in [-0.2, 0) is 0 Å². The zero-order chi connectivity index (χ0) is 23.4. The first kappa shape index (κ1) is 22.4. The molecular weight excluding hydrogens is 422 g/mol. The Labute approximate surface area is 190 Å². The summed E-state index contributed by atoms with van der Waals surface area (Å²) in [5.74, 6) is -0.748. The highest BCUT2D eigenvalue weighted by molar-refractivity contribution is 6.08. The van der Waals surface area contributed by atoms with Gasteiger partial charge in [0.05, 0.1) is 5.56 Å². The molecule has 0 amide bonds. The van der Waals surface area contributed by atoms with Crippen molar-refractivity contribution in [2.24, 2.45) is 0 Å². The summed E-state index contributed by atoms with van der Waals surface area (Å²) in [6.45, 7) is 0.897. The molecule has 2 aliphatic rings. The van der Waals surface area contributed by atoms with Crippen LogP contribution in [0.15, 0.2) is 63.8 Å². The Hall–Kier alpha value is -3.84. The fraction of sp³-hybridized carbons (Fsp3) is 0.231. The molecule has 4 rings (SSSR count). The molecule has 7 heteroatoms. The molecule has 1 aliphatic heterocycles. The lowest BCUT2D eigenvalue weighted by Gasteiger charge is -2.17. The van der Waals surface area contributed by atoms with Crippen LogP contribution >= 0.6 is 0 Å². The Bertz CT molecular complexity index is 1330. The number of aromatic hydroxyl groups is 1. The highest BCUT2D eigenvalue weighted by Crippen LogP contribution is 2.42. The van der Waals surface area contributed by atoms with E-state index in [-0.39, 0.29) is 23.3 Å². The van der Waals surface area contributed by atoms with E-state index in [2.05, 4.69) is 5.32 Å². The minimum Gasteiger partial charge on any atom is -0.508 e. The summed E-state index contributed by atoms with van der Waals surface area (Å²) < 4.78 is 5.85. The highest BCUT2D eigenvalue weighted by Gasteiger charge is 2.22. The maximum Gasteiger partial charge on any atom is 0.336 e. The molecule has 170 valence electrons. The van der Waals surface area contributed by atoms with Gasteiger partial charge in [-0.3, -0.25) is 4.79 Å². The Morgan fingerprint density at radius 3 is 2.48 bits per heavy atom. The maximum atomic E-state index is 12.2. The number of unbranched alkanes of at least 4 members (excludes halogenated alkanes) is 3. The van der Waals surface area contributed by atoms with Crippen LogP contribution in [0.25, 0.3) is 33.4 Å². The van der Waals surface area contributed by atoms with Gasteiger partial charge in [-0.1, -0.05) is 18.9 Å². The zero-order valence-corrected chi connectivity index (χ0v) is 18.0. The normalized spacial score (nSPS) is 11.2. The van der Waals surface area contributed by atoms with Crippen molar-refractivity contribution >= 4 is 22.6 Å². The van der Waals surface area contributed by atoms with Gasteiger partial charge in [-0.15, -0.1) is 0 Å². The second kappa shape index (κ2) is 9.75. The minimum atomic E-state index is -1.07. The standard InChI is InChI=1S/C26H25NO6/c28-12-4-2-1-3-11-27-16-5-8-19(22(13-16)26(31)32)25-20-9-6-17(29)14-23(20)33-24-15-18(30)7-10-21(24)25/h5-10,13-15,27-29H,1-4,11-12H2,(H,31,32). The van der Waals surface area contributed by atoms with Crippen LogP contribution in [0.4, 0.5) is 5.69 Å².